The quantitative estimate of drug-likeness (QED) is 0.192. The lowest BCUT2D eigenvalue weighted by Gasteiger charge is -2.24. The van der Waals surface area contributed by atoms with E-state index < -0.39 is 12.0 Å². The van der Waals surface area contributed by atoms with Crippen LogP contribution < -0.4 is 33.8 Å². The molecule has 0 unspecified atom stereocenters. The number of fused-ring (bicyclic) bond motifs is 2. The standard InChI is InChI=1S/C33H30N2O7S2/c1-5-39-32(37)29-19(2)34-33-35(30(29)22-8-10-23(43-4)11-9-22)31(36)28(44-33)16-20-6-12-24(26(14-20)38-3)40-17-21-7-13-25-27(15-21)42-18-41-25/h6-16,30H,5,17-18H2,1-4H3/b28-16-/t30-/m1/s1. The summed E-state index contributed by atoms with van der Waals surface area (Å²) in [5.74, 6) is 2.02. The molecule has 2 aliphatic heterocycles. The van der Waals surface area contributed by atoms with Gasteiger partial charge >= 0.3 is 5.97 Å². The lowest BCUT2D eigenvalue weighted by Crippen LogP contribution is -2.39. The number of hydrogen-bond donors (Lipinski definition) is 0. The Bertz CT molecular complexity index is 1940. The molecule has 44 heavy (non-hydrogen) atoms. The monoisotopic (exact) mass is 630 g/mol. The topological polar surface area (TPSA) is 97.6 Å². The van der Waals surface area contributed by atoms with Crippen LogP contribution >= 0.6 is 23.1 Å². The predicted molar refractivity (Wildman–Crippen MR) is 169 cm³/mol. The summed E-state index contributed by atoms with van der Waals surface area (Å²) in [5, 5.41) is 0. The number of nitrogens with zero attached hydrogens (tertiary/aromatic N) is 2. The van der Waals surface area contributed by atoms with Crippen LogP contribution in [0.25, 0.3) is 6.08 Å². The summed E-state index contributed by atoms with van der Waals surface area (Å²) >= 11 is 2.89. The van der Waals surface area contributed by atoms with Crippen LogP contribution in [0.5, 0.6) is 23.0 Å². The summed E-state index contributed by atoms with van der Waals surface area (Å²) in [6.45, 7) is 4.28. The van der Waals surface area contributed by atoms with Crippen molar-refractivity contribution < 1.29 is 28.5 Å². The number of allylic oxidation sites excluding steroid dienone is 1. The number of hydrogen-bond acceptors (Lipinski definition) is 10. The van der Waals surface area contributed by atoms with Crippen molar-refractivity contribution in [2.45, 2.75) is 31.4 Å². The van der Waals surface area contributed by atoms with Crippen LogP contribution in [0.2, 0.25) is 0 Å². The second-order valence-electron chi connectivity index (χ2n) is 9.96. The van der Waals surface area contributed by atoms with Crippen molar-refractivity contribution in [3.63, 3.8) is 0 Å². The molecule has 11 heteroatoms. The molecule has 0 saturated carbocycles. The minimum absolute atomic E-state index is 0.213. The highest BCUT2D eigenvalue weighted by Gasteiger charge is 2.33. The molecule has 9 nitrogen and oxygen atoms in total. The summed E-state index contributed by atoms with van der Waals surface area (Å²) in [5.41, 5.74) is 3.12. The van der Waals surface area contributed by atoms with Gasteiger partial charge in [-0.2, -0.15) is 0 Å². The number of ether oxygens (including phenoxy) is 5. The van der Waals surface area contributed by atoms with Gasteiger partial charge in [0.15, 0.2) is 27.8 Å². The maximum absolute atomic E-state index is 13.9. The van der Waals surface area contributed by atoms with Gasteiger partial charge in [-0.3, -0.25) is 9.36 Å². The summed E-state index contributed by atoms with van der Waals surface area (Å²) in [6, 6.07) is 18.4. The highest BCUT2D eigenvalue weighted by molar-refractivity contribution is 7.98. The van der Waals surface area contributed by atoms with Crippen molar-refractivity contribution in [2.75, 3.05) is 26.8 Å². The number of aromatic nitrogens is 1. The fraction of sp³-hybridized carbons (Fsp3) is 0.242. The molecule has 0 aliphatic carbocycles. The summed E-state index contributed by atoms with van der Waals surface area (Å²) in [7, 11) is 1.57. The summed E-state index contributed by atoms with van der Waals surface area (Å²) in [6.07, 6.45) is 3.80. The van der Waals surface area contributed by atoms with Crippen molar-refractivity contribution in [2.24, 2.45) is 4.99 Å². The van der Waals surface area contributed by atoms with Crippen molar-refractivity contribution >= 4 is 35.1 Å². The van der Waals surface area contributed by atoms with E-state index in [1.807, 2.05) is 66.9 Å². The van der Waals surface area contributed by atoms with Crippen LogP contribution in [-0.4, -0.2) is 37.3 Å². The van der Waals surface area contributed by atoms with Gasteiger partial charge in [-0.05, 0) is 79.3 Å². The van der Waals surface area contributed by atoms with E-state index in [1.54, 1.807) is 43.4 Å². The fourth-order valence-electron chi connectivity index (χ4n) is 5.13. The van der Waals surface area contributed by atoms with E-state index in [9.17, 15) is 9.59 Å². The first kappa shape index (κ1) is 29.6. The van der Waals surface area contributed by atoms with E-state index in [1.165, 1.54) is 11.3 Å². The van der Waals surface area contributed by atoms with E-state index in [2.05, 4.69) is 4.99 Å². The van der Waals surface area contributed by atoms with Crippen LogP contribution in [-0.2, 0) is 16.1 Å². The molecular weight excluding hydrogens is 601 g/mol. The van der Waals surface area contributed by atoms with E-state index in [0.29, 0.717) is 50.2 Å². The highest BCUT2D eigenvalue weighted by atomic mass is 32.2. The van der Waals surface area contributed by atoms with Gasteiger partial charge in [0.1, 0.15) is 6.61 Å². The molecule has 2 aliphatic rings. The van der Waals surface area contributed by atoms with Crippen LogP contribution in [0.1, 0.15) is 36.6 Å². The van der Waals surface area contributed by atoms with Crippen molar-refractivity contribution in [3.05, 3.63) is 108 Å². The normalized spacial score (nSPS) is 15.5. The molecule has 3 heterocycles. The second kappa shape index (κ2) is 12.6. The molecule has 226 valence electrons. The predicted octanol–water partition coefficient (Wildman–Crippen LogP) is 4.84. The van der Waals surface area contributed by atoms with Crippen LogP contribution in [0, 0.1) is 0 Å². The number of benzene rings is 3. The van der Waals surface area contributed by atoms with Crippen molar-refractivity contribution in [3.8, 4) is 23.0 Å². The minimum atomic E-state index is -0.662. The van der Waals surface area contributed by atoms with Crippen molar-refractivity contribution in [1.29, 1.82) is 0 Å². The van der Waals surface area contributed by atoms with Crippen LogP contribution in [0.3, 0.4) is 0 Å². The van der Waals surface area contributed by atoms with E-state index >= 15 is 0 Å². The van der Waals surface area contributed by atoms with E-state index in [4.69, 9.17) is 23.7 Å². The Kier molecular flexibility index (Phi) is 8.49. The number of thioether (sulfide) groups is 1. The lowest BCUT2D eigenvalue weighted by molar-refractivity contribution is -0.139. The average Bonchev–Trinajstić information content (AvgIpc) is 3.63. The number of carbonyl (C=O) groups is 1. The molecule has 0 radical (unpaired) electrons. The Morgan fingerprint density at radius 1 is 1.09 bits per heavy atom. The number of carbonyl (C=O) groups excluding carboxylic acids is 1. The maximum atomic E-state index is 13.9. The Balaban J connectivity index is 1.34. The molecule has 0 spiro atoms. The number of esters is 1. The molecule has 6 rings (SSSR count). The number of thiazole rings is 1. The van der Waals surface area contributed by atoms with E-state index in [-0.39, 0.29) is 19.0 Å². The molecule has 3 aromatic carbocycles. The fourth-order valence-corrected chi connectivity index (χ4v) is 6.58. The SMILES string of the molecule is CCOC(=O)C1=C(C)N=c2s/c(=C\c3ccc(OCc4ccc5c(c4)OCO5)c(OC)c3)c(=O)n2[C@@H]1c1ccc(SC)cc1. The molecule has 0 fully saturated rings. The maximum Gasteiger partial charge on any atom is 0.338 e. The molecular formula is C33H30N2O7S2. The Morgan fingerprint density at radius 3 is 2.64 bits per heavy atom. The zero-order valence-corrected chi connectivity index (χ0v) is 26.3. The number of methoxy groups -OCH3 is 1. The van der Waals surface area contributed by atoms with Gasteiger partial charge < -0.3 is 23.7 Å². The van der Waals surface area contributed by atoms with Gasteiger partial charge in [0.2, 0.25) is 6.79 Å². The van der Waals surface area contributed by atoms with Gasteiger partial charge in [0.05, 0.1) is 35.6 Å². The van der Waals surface area contributed by atoms with Crippen LogP contribution in [0.4, 0.5) is 0 Å². The first-order valence-electron chi connectivity index (χ1n) is 13.9. The van der Waals surface area contributed by atoms with Gasteiger partial charge in [-0.25, -0.2) is 9.79 Å². The van der Waals surface area contributed by atoms with Crippen LogP contribution in [0.15, 0.2) is 86.6 Å². The largest absolute Gasteiger partial charge is 0.493 e. The summed E-state index contributed by atoms with van der Waals surface area (Å²) in [4.78, 5) is 33.3. The van der Waals surface area contributed by atoms with Gasteiger partial charge in [0.25, 0.3) is 5.56 Å². The Hall–Kier alpha value is -4.48. The first-order valence-corrected chi connectivity index (χ1v) is 16.0. The van der Waals surface area contributed by atoms with Crippen molar-refractivity contribution in [1.82, 2.24) is 4.57 Å². The molecule has 1 aromatic heterocycles. The zero-order chi connectivity index (χ0) is 30.8. The van der Waals surface area contributed by atoms with Gasteiger partial charge in [-0.15, -0.1) is 11.8 Å². The zero-order valence-electron chi connectivity index (χ0n) is 24.6. The van der Waals surface area contributed by atoms with Gasteiger partial charge in [0, 0.05) is 4.90 Å². The first-order chi connectivity index (χ1) is 21.4. The smallest absolute Gasteiger partial charge is 0.338 e. The van der Waals surface area contributed by atoms with Gasteiger partial charge in [-0.1, -0.05) is 35.6 Å². The average molecular weight is 631 g/mol. The summed E-state index contributed by atoms with van der Waals surface area (Å²) < 4.78 is 30.0. The molecule has 1 atom stereocenters. The third-order valence-corrected chi connectivity index (χ3v) is 8.99. The molecule has 4 aromatic rings. The Morgan fingerprint density at radius 2 is 1.89 bits per heavy atom. The number of rotatable bonds is 9. The lowest BCUT2D eigenvalue weighted by atomic mass is 9.96. The third kappa shape index (κ3) is 5.72. The third-order valence-electron chi connectivity index (χ3n) is 7.27. The minimum Gasteiger partial charge on any atom is -0.493 e. The molecule has 0 N–H and O–H groups in total. The molecule has 0 amide bonds. The second-order valence-corrected chi connectivity index (χ2v) is 11.9. The Labute approximate surface area is 262 Å². The molecule has 0 bridgehead atoms. The van der Waals surface area contributed by atoms with E-state index in [0.717, 1.165) is 21.6 Å². The highest BCUT2D eigenvalue weighted by Crippen LogP contribution is 2.34. The molecule has 0 saturated heterocycles.